The summed E-state index contributed by atoms with van der Waals surface area (Å²) in [5, 5.41) is 0. The highest BCUT2D eigenvalue weighted by molar-refractivity contribution is 5.85. The normalized spacial score (nSPS) is 13.0. The van der Waals surface area contributed by atoms with Crippen LogP contribution in [0.15, 0.2) is 48.5 Å². The molecule has 3 rings (SSSR count). The van der Waals surface area contributed by atoms with Crippen molar-refractivity contribution >= 4 is 24.0 Å². The fourth-order valence-corrected chi connectivity index (χ4v) is 2.97. The van der Waals surface area contributed by atoms with Crippen LogP contribution in [0.1, 0.15) is 30.4 Å². The van der Waals surface area contributed by atoms with Gasteiger partial charge in [-0.05, 0) is 37.0 Å². The van der Waals surface area contributed by atoms with E-state index in [0.717, 1.165) is 35.4 Å². The predicted molar refractivity (Wildman–Crippen MR) is 103 cm³/mol. The predicted octanol–water partition coefficient (Wildman–Crippen LogP) is 3.82. The summed E-state index contributed by atoms with van der Waals surface area (Å²) in [6.45, 7) is 0.609. The molecule has 0 spiro atoms. The van der Waals surface area contributed by atoms with Crippen LogP contribution in [0.3, 0.4) is 0 Å². The van der Waals surface area contributed by atoms with E-state index in [1.165, 1.54) is 0 Å². The minimum atomic E-state index is 0. The van der Waals surface area contributed by atoms with Crippen LogP contribution < -0.4 is 10.5 Å². The van der Waals surface area contributed by atoms with Crippen LogP contribution in [-0.2, 0) is 17.8 Å². The lowest BCUT2D eigenvalue weighted by Gasteiger charge is -2.24. The molecule has 0 bridgehead atoms. The number of nitrogen functional groups attached to an aromatic ring is 1. The van der Waals surface area contributed by atoms with E-state index in [0.29, 0.717) is 25.4 Å². The van der Waals surface area contributed by atoms with Gasteiger partial charge in [0.25, 0.3) is 0 Å². The molecule has 0 aromatic heterocycles. The maximum atomic E-state index is 12.8. The first-order chi connectivity index (χ1) is 11.7. The summed E-state index contributed by atoms with van der Waals surface area (Å²) in [7, 11) is 1.67. The summed E-state index contributed by atoms with van der Waals surface area (Å²) in [5.41, 5.74) is 8.83. The smallest absolute Gasteiger partial charge is 0.223 e. The Kier molecular flexibility index (Phi) is 6.71. The van der Waals surface area contributed by atoms with Crippen molar-refractivity contribution in [2.24, 2.45) is 0 Å². The average Bonchev–Trinajstić information content (AvgIpc) is 3.44. The molecule has 2 N–H and O–H groups in total. The number of hydrogen-bond donors (Lipinski definition) is 1. The van der Waals surface area contributed by atoms with Gasteiger partial charge in [0.15, 0.2) is 0 Å². The number of ether oxygens (including phenoxy) is 1. The molecule has 1 fully saturated rings. The number of amides is 1. The molecule has 2 aromatic rings. The van der Waals surface area contributed by atoms with Gasteiger partial charge in [-0.15, -0.1) is 12.4 Å². The molecular weight excluding hydrogens is 336 g/mol. The van der Waals surface area contributed by atoms with Crippen molar-refractivity contribution in [3.05, 3.63) is 59.7 Å². The fraction of sp³-hybridized carbons (Fsp3) is 0.350. The first kappa shape index (κ1) is 19.1. The van der Waals surface area contributed by atoms with E-state index in [1.807, 2.05) is 53.4 Å². The number of aryl methyl sites for hydroxylation is 1. The van der Waals surface area contributed by atoms with Gasteiger partial charge in [0.1, 0.15) is 5.75 Å². The number of anilines is 1. The summed E-state index contributed by atoms with van der Waals surface area (Å²) in [6, 6.07) is 16.0. The molecule has 1 aliphatic carbocycles. The molecule has 1 aliphatic rings. The molecule has 1 amide bonds. The number of carbonyl (C=O) groups excluding carboxylic acids is 1. The molecular formula is C20H25ClN2O2. The van der Waals surface area contributed by atoms with Crippen LogP contribution >= 0.6 is 12.4 Å². The zero-order chi connectivity index (χ0) is 16.9. The van der Waals surface area contributed by atoms with Gasteiger partial charge in [0, 0.05) is 30.3 Å². The highest BCUT2D eigenvalue weighted by Gasteiger charge is 2.32. The van der Waals surface area contributed by atoms with Crippen molar-refractivity contribution in [1.82, 2.24) is 4.90 Å². The van der Waals surface area contributed by atoms with Crippen LogP contribution in [0.5, 0.6) is 5.75 Å². The van der Waals surface area contributed by atoms with Crippen molar-refractivity contribution < 1.29 is 9.53 Å². The van der Waals surface area contributed by atoms with E-state index in [9.17, 15) is 4.79 Å². The third-order valence-corrected chi connectivity index (χ3v) is 4.50. The summed E-state index contributed by atoms with van der Waals surface area (Å²) in [5.74, 6) is 1.02. The molecule has 0 atom stereocenters. The molecule has 2 aromatic carbocycles. The third-order valence-electron chi connectivity index (χ3n) is 4.50. The van der Waals surface area contributed by atoms with Crippen molar-refractivity contribution in [3.8, 4) is 5.75 Å². The quantitative estimate of drug-likeness (QED) is 0.763. The summed E-state index contributed by atoms with van der Waals surface area (Å²) in [6.07, 6.45) is 3.35. The van der Waals surface area contributed by atoms with Gasteiger partial charge in [-0.25, -0.2) is 0 Å². The standard InChI is InChI=1S/C20H24N2O2.ClH/c1-24-19-9-5-3-7-16(19)14-22(17-11-12-17)20(23)13-10-15-6-2-4-8-18(15)21;/h2-9,17H,10-14,21H2,1H3;1H. The van der Waals surface area contributed by atoms with Gasteiger partial charge in [-0.3, -0.25) is 4.79 Å². The van der Waals surface area contributed by atoms with E-state index in [-0.39, 0.29) is 18.3 Å². The molecule has 4 nitrogen and oxygen atoms in total. The largest absolute Gasteiger partial charge is 0.496 e. The lowest BCUT2D eigenvalue weighted by atomic mass is 10.1. The van der Waals surface area contributed by atoms with Crippen LogP contribution in [0.25, 0.3) is 0 Å². The van der Waals surface area contributed by atoms with Crippen LogP contribution in [-0.4, -0.2) is 24.0 Å². The molecule has 1 saturated carbocycles. The second-order valence-electron chi connectivity index (χ2n) is 6.26. The number of benzene rings is 2. The Labute approximate surface area is 155 Å². The van der Waals surface area contributed by atoms with Gasteiger partial charge in [0.2, 0.25) is 5.91 Å². The van der Waals surface area contributed by atoms with Crippen LogP contribution in [0.2, 0.25) is 0 Å². The van der Waals surface area contributed by atoms with Crippen molar-refractivity contribution in [3.63, 3.8) is 0 Å². The topological polar surface area (TPSA) is 55.6 Å². The SMILES string of the molecule is COc1ccccc1CN(C(=O)CCc1ccccc1N)C1CC1.Cl. The zero-order valence-corrected chi connectivity index (χ0v) is 15.3. The number of methoxy groups -OCH3 is 1. The Morgan fingerprint density at radius 3 is 2.40 bits per heavy atom. The number of nitrogens with two attached hydrogens (primary N) is 1. The summed E-state index contributed by atoms with van der Waals surface area (Å²) < 4.78 is 5.42. The van der Waals surface area contributed by atoms with Gasteiger partial charge in [-0.2, -0.15) is 0 Å². The Morgan fingerprint density at radius 1 is 1.12 bits per heavy atom. The maximum absolute atomic E-state index is 12.8. The Morgan fingerprint density at radius 2 is 1.76 bits per heavy atom. The highest BCUT2D eigenvalue weighted by Crippen LogP contribution is 2.31. The average molecular weight is 361 g/mol. The van der Waals surface area contributed by atoms with Gasteiger partial charge in [0.05, 0.1) is 7.11 Å². The molecule has 25 heavy (non-hydrogen) atoms. The summed E-state index contributed by atoms with van der Waals surface area (Å²) >= 11 is 0. The maximum Gasteiger partial charge on any atom is 0.223 e. The number of hydrogen-bond acceptors (Lipinski definition) is 3. The second-order valence-corrected chi connectivity index (χ2v) is 6.26. The highest BCUT2D eigenvalue weighted by atomic mass is 35.5. The fourth-order valence-electron chi connectivity index (χ4n) is 2.97. The van der Waals surface area contributed by atoms with Gasteiger partial charge >= 0.3 is 0 Å². The van der Waals surface area contributed by atoms with Gasteiger partial charge < -0.3 is 15.4 Å². The second kappa shape index (κ2) is 8.77. The molecule has 0 saturated heterocycles. The van der Waals surface area contributed by atoms with Crippen molar-refractivity contribution in [1.29, 1.82) is 0 Å². The molecule has 0 unspecified atom stereocenters. The molecule has 5 heteroatoms. The Hall–Kier alpha value is -2.20. The summed E-state index contributed by atoms with van der Waals surface area (Å²) in [4.78, 5) is 14.8. The third kappa shape index (κ3) is 4.89. The lowest BCUT2D eigenvalue weighted by molar-refractivity contribution is -0.132. The Balaban J connectivity index is 0.00000225. The van der Waals surface area contributed by atoms with E-state index in [1.54, 1.807) is 7.11 Å². The number of carbonyl (C=O) groups is 1. The van der Waals surface area contributed by atoms with Crippen LogP contribution in [0.4, 0.5) is 5.69 Å². The monoisotopic (exact) mass is 360 g/mol. The minimum Gasteiger partial charge on any atom is -0.496 e. The number of halogens is 1. The van der Waals surface area contributed by atoms with Crippen molar-refractivity contribution in [2.45, 2.75) is 38.3 Å². The molecule has 134 valence electrons. The molecule has 0 radical (unpaired) electrons. The zero-order valence-electron chi connectivity index (χ0n) is 14.5. The minimum absolute atomic E-state index is 0. The lowest BCUT2D eigenvalue weighted by Crippen LogP contribution is -2.32. The van der Waals surface area contributed by atoms with Crippen molar-refractivity contribution in [2.75, 3.05) is 12.8 Å². The molecule has 0 heterocycles. The number of para-hydroxylation sites is 2. The number of rotatable bonds is 7. The van der Waals surface area contributed by atoms with Crippen LogP contribution in [0, 0.1) is 0 Å². The molecule has 0 aliphatic heterocycles. The number of nitrogens with zero attached hydrogens (tertiary/aromatic N) is 1. The van der Waals surface area contributed by atoms with E-state index < -0.39 is 0 Å². The van der Waals surface area contributed by atoms with E-state index >= 15 is 0 Å². The first-order valence-corrected chi connectivity index (χ1v) is 8.44. The first-order valence-electron chi connectivity index (χ1n) is 8.44. The van der Waals surface area contributed by atoms with Gasteiger partial charge in [-0.1, -0.05) is 36.4 Å². The van der Waals surface area contributed by atoms with E-state index in [2.05, 4.69) is 0 Å². The Bertz CT molecular complexity index is 716. The van der Waals surface area contributed by atoms with E-state index in [4.69, 9.17) is 10.5 Å².